The SMILES string of the molecule is Cc1cc(Nc2ncnc3ccc(O[C@H]4CCN(S(C)(=O)=O)C4)cc23)ccc1Oc1ccn2ccnc2c1. The molecule has 6 rings (SSSR count). The van der Waals surface area contributed by atoms with Crippen molar-refractivity contribution >= 4 is 38.1 Å². The Hall–Kier alpha value is -4.22. The number of aryl methyl sites for hydroxylation is 1. The van der Waals surface area contributed by atoms with Crippen LogP contribution in [-0.4, -0.2) is 57.5 Å². The van der Waals surface area contributed by atoms with Gasteiger partial charge in [0.25, 0.3) is 0 Å². The Morgan fingerprint density at radius 1 is 1.00 bits per heavy atom. The molecule has 0 spiro atoms. The molecule has 194 valence electrons. The molecule has 11 heteroatoms. The summed E-state index contributed by atoms with van der Waals surface area (Å²) >= 11 is 0. The van der Waals surface area contributed by atoms with Crippen molar-refractivity contribution in [3.63, 3.8) is 0 Å². The largest absolute Gasteiger partial charge is 0.489 e. The lowest BCUT2D eigenvalue weighted by atomic mass is 10.2. The van der Waals surface area contributed by atoms with Gasteiger partial charge in [-0.1, -0.05) is 0 Å². The van der Waals surface area contributed by atoms with E-state index in [4.69, 9.17) is 9.47 Å². The van der Waals surface area contributed by atoms with Gasteiger partial charge in [0.2, 0.25) is 10.0 Å². The first-order chi connectivity index (χ1) is 18.3. The lowest BCUT2D eigenvalue weighted by molar-refractivity contribution is 0.216. The van der Waals surface area contributed by atoms with E-state index in [0.29, 0.717) is 36.8 Å². The first-order valence-corrected chi connectivity index (χ1v) is 14.0. The minimum Gasteiger partial charge on any atom is -0.489 e. The van der Waals surface area contributed by atoms with Gasteiger partial charge in [0.05, 0.1) is 18.3 Å². The maximum absolute atomic E-state index is 11.8. The Morgan fingerprint density at radius 3 is 2.71 bits per heavy atom. The second-order valence-electron chi connectivity index (χ2n) is 9.31. The van der Waals surface area contributed by atoms with E-state index in [1.54, 1.807) is 6.20 Å². The van der Waals surface area contributed by atoms with E-state index in [0.717, 1.165) is 33.6 Å². The fourth-order valence-corrected chi connectivity index (χ4v) is 5.43. The lowest BCUT2D eigenvalue weighted by Gasteiger charge is -2.16. The van der Waals surface area contributed by atoms with E-state index in [9.17, 15) is 8.42 Å². The quantitative estimate of drug-likeness (QED) is 0.327. The monoisotopic (exact) mass is 530 g/mol. The van der Waals surface area contributed by atoms with Crippen LogP contribution in [0.3, 0.4) is 0 Å². The highest BCUT2D eigenvalue weighted by atomic mass is 32.2. The van der Waals surface area contributed by atoms with E-state index >= 15 is 0 Å². The number of anilines is 2. The van der Waals surface area contributed by atoms with Gasteiger partial charge in [-0.3, -0.25) is 0 Å². The van der Waals surface area contributed by atoms with Crippen LogP contribution in [0.15, 0.2) is 73.4 Å². The van der Waals surface area contributed by atoms with Gasteiger partial charge in [0.1, 0.15) is 41.1 Å². The minimum absolute atomic E-state index is 0.201. The Kier molecular flexibility index (Phi) is 6.09. The average Bonchev–Trinajstić information content (AvgIpc) is 3.55. The molecule has 3 aromatic heterocycles. The number of fused-ring (bicyclic) bond motifs is 2. The highest BCUT2D eigenvalue weighted by molar-refractivity contribution is 7.88. The van der Waals surface area contributed by atoms with Crippen LogP contribution in [0.1, 0.15) is 12.0 Å². The molecule has 0 aliphatic carbocycles. The predicted molar refractivity (Wildman–Crippen MR) is 145 cm³/mol. The van der Waals surface area contributed by atoms with Gasteiger partial charge >= 0.3 is 0 Å². The third-order valence-corrected chi connectivity index (χ3v) is 7.79. The lowest BCUT2D eigenvalue weighted by Crippen LogP contribution is -2.29. The highest BCUT2D eigenvalue weighted by Gasteiger charge is 2.29. The van der Waals surface area contributed by atoms with Crippen LogP contribution >= 0.6 is 0 Å². The summed E-state index contributed by atoms with van der Waals surface area (Å²) in [6.45, 7) is 2.79. The maximum atomic E-state index is 11.8. The molecule has 1 saturated heterocycles. The van der Waals surface area contributed by atoms with Gasteiger partial charge in [-0.15, -0.1) is 0 Å². The standard InChI is InChI=1S/C27H26N6O4S/c1-18-13-19(3-6-25(18)37-21-7-10-32-12-9-28-26(32)15-21)31-27-23-14-20(4-5-24(23)29-17-30-27)36-22-8-11-33(16-22)38(2,34)35/h3-7,9-10,12-15,17,22H,8,11,16H2,1-2H3,(H,29,30,31)/t22-/m0/s1. The van der Waals surface area contributed by atoms with Crippen molar-refractivity contribution < 1.29 is 17.9 Å². The fourth-order valence-electron chi connectivity index (χ4n) is 4.56. The number of aromatic nitrogens is 4. The molecular formula is C27H26N6O4S. The molecule has 0 bridgehead atoms. The van der Waals surface area contributed by atoms with E-state index in [1.807, 2.05) is 72.2 Å². The molecule has 4 heterocycles. The summed E-state index contributed by atoms with van der Waals surface area (Å²) in [7, 11) is -3.22. The average molecular weight is 531 g/mol. The number of imidazole rings is 1. The number of pyridine rings is 1. The van der Waals surface area contributed by atoms with Gasteiger partial charge in [0, 0.05) is 42.3 Å². The van der Waals surface area contributed by atoms with E-state index in [2.05, 4.69) is 20.3 Å². The van der Waals surface area contributed by atoms with Crippen LogP contribution in [-0.2, 0) is 10.0 Å². The smallest absolute Gasteiger partial charge is 0.211 e. The first kappa shape index (κ1) is 24.1. The number of hydrogen-bond donors (Lipinski definition) is 1. The number of rotatable bonds is 7. The Balaban J connectivity index is 1.20. The van der Waals surface area contributed by atoms with Crippen molar-refractivity contribution in [2.45, 2.75) is 19.4 Å². The predicted octanol–water partition coefficient (Wildman–Crippen LogP) is 4.53. The summed E-state index contributed by atoms with van der Waals surface area (Å²) in [5.74, 6) is 2.74. The second kappa shape index (κ2) is 9.58. The van der Waals surface area contributed by atoms with E-state index in [1.165, 1.54) is 16.9 Å². The zero-order valence-electron chi connectivity index (χ0n) is 20.9. The summed E-state index contributed by atoms with van der Waals surface area (Å²) in [6.07, 6.45) is 8.73. The van der Waals surface area contributed by atoms with Gasteiger partial charge < -0.3 is 19.2 Å². The maximum Gasteiger partial charge on any atom is 0.211 e. The topological polar surface area (TPSA) is 111 Å². The molecule has 0 radical (unpaired) electrons. The van der Waals surface area contributed by atoms with Crippen LogP contribution in [0.4, 0.5) is 11.5 Å². The molecule has 2 aromatic carbocycles. The fraction of sp³-hybridized carbons (Fsp3) is 0.222. The van der Waals surface area contributed by atoms with Gasteiger partial charge in [-0.25, -0.2) is 23.4 Å². The van der Waals surface area contributed by atoms with E-state index < -0.39 is 10.0 Å². The molecule has 1 aliphatic rings. The van der Waals surface area contributed by atoms with Gasteiger partial charge in [-0.05, 0) is 61.4 Å². The highest BCUT2D eigenvalue weighted by Crippen LogP contribution is 2.31. The number of nitrogens with zero attached hydrogens (tertiary/aromatic N) is 5. The van der Waals surface area contributed by atoms with Crippen LogP contribution in [0, 0.1) is 6.92 Å². The molecule has 1 N–H and O–H groups in total. The summed E-state index contributed by atoms with van der Waals surface area (Å²) in [4.78, 5) is 13.1. The summed E-state index contributed by atoms with van der Waals surface area (Å²) in [6, 6.07) is 15.2. The molecule has 5 aromatic rings. The molecule has 10 nitrogen and oxygen atoms in total. The van der Waals surface area contributed by atoms with Gasteiger partial charge in [0.15, 0.2) is 0 Å². The Bertz CT molecular complexity index is 1750. The van der Waals surface area contributed by atoms with Crippen LogP contribution < -0.4 is 14.8 Å². The Labute approximate surface area is 219 Å². The number of nitrogens with one attached hydrogen (secondary N) is 1. The molecule has 1 aliphatic heterocycles. The van der Waals surface area contributed by atoms with Gasteiger partial charge in [-0.2, -0.15) is 4.31 Å². The number of hydrogen-bond acceptors (Lipinski definition) is 8. The van der Waals surface area contributed by atoms with Crippen molar-refractivity contribution in [1.82, 2.24) is 23.7 Å². The molecule has 0 saturated carbocycles. The summed E-state index contributed by atoms with van der Waals surface area (Å²) in [5, 5.41) is 4.18. The minimum atomic E-state index is -3.22. The normalized spacial score (nSPS) is 16.2. The summed E-state index contributed by atoms with van der Waals surface area (Å²) in [5.41, 5.74) is 3.39. The van der Waals surface area contributed by atoms with Crippen molar-refractivity contribution in [2.24, 2.45) is 0 Å². The van der Waals surface area contributed by atoms with Crippen molar-refractivity contribution in [1.29, 1.82) is 0 Å². The zero-order valence-corrected chi connectivity index (χ0v) is 21.7. The molecule has 38 heavy (non-hydrogen) atoms. The van der Waals surface area contributed by atoms with Crippen molar-refractivity contribution in [3.05, 3.63) is 79.0 Å². The van der Waals surface area contributed by atoms with Crippen LogP contribution in [0.25, 0.3) is 16.6 Å². The molecule has 1 atom stereocenters. The number of ether oxygens (including phenoxy) is 2. The first-order valence-electron chi connectivity index (χ1n) is 12.2. The Morgan fingerprint density at radius 2 is 1.89 bits per heavy atom. The number of sulfonamides is 1. The molecule has 0 unspecified atom stereocenters. The zero-order chi connectivity index (χ0) is 26.3. The van der Waals surface area contributed by atoms with E-state index in [-0.39, 0.29) is 6.10 Å². The molecular weight excluding hydrogens is 504 g/mol. The van der Waals surface area contributed by atoms with Crippen molar-refractivity contribution in [2.75, 3.05) is 24.7 Å². The molecule has 0 amide bonds. The summed E-state index contributed by atoms with van der Waals surface area (Å²) < 4.78 is 39.3. The second-order valence-corrected chi connectivity index (χ2v) is 11.3. The van der Waals surface area contributed by atoms with Crippen molar-refractivity contribution in [3.8, 4) is 17.2 Å². The molecule has 1 fully saturated rings. The third-order valence-electron chi connectivity index (χ3n) is 6.52. The third kappa shape index (κ3) is 4.98. The van der Waals surface area contributed by atoms with Crippen LogP contribution in [0.5, 0.6) is 17.2 Å². The number of benzene rings is 2. The van der Waals surface area contributed by atoms with Crippen LogP contribution in [0.2, 0.25) is 0 Å².